The van der Waals surface area contributed by atoms with Crippen LogP contribution < -0.4 is 10.6 Å². The zero-order valence-corrected chi connectivity index (χ0v) is 13.5. The number of hydrogen-bond donors (Lipinski definition) is 2. The van der Waals surface area contributed by atoms with E-state index in [2.05, 4.69) is 25.7 Å². The summed E-state index contributed by atoms with van der Waals surface area (Å²) in [5.74, 6) is -0.914. The van der Waals surface area contributed by atoms with Crippen molar-refractivity contribution in [3.05, 3.63) is 66.4 Å². The van der Waals surface area contributed by atoms with Crippen LogP contribution in [0, 0.1) is 6.92 Å². The number of hydrogen-bond acceptors (Lipinski definition) is 5. The van der Waals surface area contributed by atoms with Crippen molar-refractivity contribution in [3.63, 3.8) is 0 Å². The summed E-state index contributed by atoms with van der Waals surface area (Å²) in [6.45, 7) is 2.09. The maximum atomic E-state index is 12.0. The fourth-order valence-electron chi connectivity index (χ4n) is 2.17. The molecule has 0 fully saturated rings. The normalized spacial score (nSPS) is 10.3. The van der Waals surface area contributed by atoms with Crippen LogP contribution in [0.3, 0.4) is 0 Å². The van der Waals surface area contributed by atoms with Gasteiger partial charge in [-0.05, 0) is 25.1 Å². The van der Waals surface area contributed by atoms with Crippen LogP contribution >= 0.6 is 0 Å². The van der Waals surface area contributed by atoms with E-state index in [0.717, 1.165) is 5.56 Å². The van der Waals surface area contributed by atoms with Crippen molar-refractivity contribution in [1.29, 1.82) is 0 Å². The van der Waals surface area contributed by atoms with Gasteiger partial charge in [-0.3, -0.25) is 9.59 Å². The van der Waals surface area contributed by atoms with Gasteiger partial charge in [0.05, 0.1) is 0 Å². The van der Waals surface area contributed by atoms with Gasteiger partial charge in [-0.1, -0.05) is 23.8 Å². The van der Waals surface area contributed by atoms with Crippen LogP contribution in [-0.2, 0) is 16.1 Å². The molecule has 3 rings (SSSR count). The molecule has 2 aromatic heterocycles. The van der Waals surface area contributed by atoms with Crippen LogP contribution in [0.4, 0.5) is 5.69 Å². The van der Waals surface area contributed by atoms with E-state index in [1.54, 1.807) is 30.5 Å². The predicted molar refractivity (Wildman–Crippen MR) is 90.8 cm³/mol. The van der Waals surface area contributed by atoms with Gasteiger partial charge in [0, 0.05) is 24.0 Å². The lowest BCUT2D eigenvalue weighted by molar-refractivity contribution is -0.136. The fourth-order valence-corrected chi connectivity index (χ4v) is 2.17. The second-order valence-electron chi connectivity index (χ2n) is 5.33. The Morgan fingerprint density at radius 1 is 1.12 bits per heavy atom. The van der Waals surface area contributed by atoms with Gasteiger partial charge in [-0.25, -0.2) is 14.6 Å². The van der Waals surface area contributed by atoms with Gasteiger partial charge >= 0.3 is 11.8 Å². The van der Waals surface area contributed by atoms with Crippen molar-refractivity contribution >= 4 is 17.5 Å². The molecular formula is C17H16N6O2. The molecule has 8 heteroatoms. The SMILES string of the molecule is Cc1ccc(NC(=O)C(=O)NCc2cccnc2-n2cncn2)cc1. The fraction of sp³-hybridized carbons (Fsp3) is 0.118. The minimum Gasteiger partial charge on any atom is -0.344 e. The van der Waals surface area contributed by atoms with Crippen molar-refractivity contribution in [2.24, 2.45) is 0 Å². The van der Waals surface area contributed by atoms with E-state index in [1.807, 2.05) is 19.1 Å². The molecule has 2 heterocycles. The first-order valence-corrected chi connectivity index (χ1v) is 7.58. The number of benzene rings is 1. The lowest BCUT2D eigenvalue weighted by Crippen LogP contribution is -2.35. The number of aromatic nitrogens is 4. The first kappa shape index (κ1) is 16.3. The summed E-state index contributed by atoms with van der Waals surface area (Å²) >= 11 is 0. The van der Waals surface area contributed by atoms with Gasteiger partial charge in [0.15, 0.2) is 5.82 Å². The summed E-state index contributed by atoms with van der Waals surface area (Å²) in [6.07, 6.45) is 4.52. The number of nitrogens with zero attached hydrogens (tertiary/aromatic N) is 4. The third-order valence-electron chi connectivity index (χ3n) is 3.46. The molecule has 126 valence electrons. The predicted octanol–water partition coefficient (Wildman–Crippen LogP) is 1.23. The highest BCUT2D eigenvalue weighted by atomic mass is 16.2. The molecule has 0 radical (unpaired) electrons. The second kappa shape index (κ2) is 7.35. The molecule has 2 amide bonds. The molecule has 0 spiro atoms. The molecule has 25 heavy (non-hydrogen) atoms. The molecule has 3 aromatic rings. The van der Waals surface area contributed by atoms with E-state index in [-0.39, 0.29) is 6.54 Å². The molecule has 0 saturated heterocycles. The summed E-state index contributed by atoms with van der Waals surface area (Å²) in [4.78, 5) is 32.1. The third kappa shape index (κ3) is 4.05. The van der Waals surface area contributed by atoms with Crippen molar-refractivity contribution < 1.29 is 9.59 Å². The standard InChI is InChI=1S/C17H16N6O2/c1-12-4-6-14(7-5-12)22-17(25)16(24)20-9-13-3-2-8-19-15(13)23-11-18-10-21-23/h2-8,10-11H,9H2,1H3,(H,20,24)(H,22,25). The molecule has 0 bridgehead atoms. The van der Waals surface area contributed by atoms with Crippen molar-refractivity contribution in [2.75, 3.05) is 5.32 Å². The molecule has 0 aliphatic heterocycles. The van der Waals surface area contributed by atoms with E-state index in [0.29, 0.717) is 17.1 Å². The summed E-state index contributed by atoms with van der Waals surface area (Å²) in [7, 11) is 0. The Balaban J connectivity index is 1.63. The zero-order chi connectivity index (χ0) is 17.6. The van der Waals surface area contributed by atoms with E-state index in [4.69, 9.17) is 0 Å². The largest absolute Gasteiger partial charge is 0.344 e. The summed E-state index contributed by atoms with van der Waals surface area (Å²) in [5, 5.41) is 9.16. The number of carbonyl (C=O) groups is 2. The number of rotatable bonds is 4. The summed E-state index contributed by atoms with van der Waals surface area (Å²) in [5.41, 5.74) is 2.35. The maximum absolute atomic E-state index is 12.0. The molecule has 0 saturated carbocycles. The summed E-state index contributed by atoms with van der Waals surface area (Å²) < 4.78 is 1.49. The Hall–Kier alpha value is -3.55. The Kier molecular flexibility index (Phi) is 4.79. The second-order valence-corrected chi connectivity index (χ2v) is 5.33. The van der Waals surface area contributed by atoms with Crippen LogP contribution in [0.15, 0.2) is 55.2 Å². The topological polar surface area (TPSA) is 102 Å². The van der Waals surface area contributed by atoms with Gasteiger partial charge in [0.2, 0.25) is 0 Å². The highest BCUT2D eigenvalue weighted by molar-refractivity contribution is 6.39. The van der Waals surface area contributed by atoms with Crippen LogP contribution in [0.1, 0.15) is 11.1 Å². The van der Waals surface area contributed by atoms with Gasteiger partial charge in [0.25, 0.3) is 0 Å². The van der Waals surface area contributed by atoms with Crippen LogP contribution in [0.5, 0.6) is 0 Å². The lowest BCUT2D eigenvalue weighted by atomic mass is 10.2. The minimum atomic E-state index is -0.728. The monoisotopic (exact) mass is 336 g/mol. The Morgan fingerprint density at radius 2 is 1.92 bits per heavy atom. The van der Waals surface area contributed by atoms with Crippen molar-refractivity contribution in [2.45, 2.75) is 13.5 Å². The number of aryl methyl sites for hydroxylation is 1. The zero-order valence-electron chi connectivity index (χ0n) is 13.5. The molecule has 0 atom stereocenters. The van der Waals surface area contributed by atoms with Crippen LogP contribution in [0.25, 0.3) is 5.82 Å². The molecule has 8 nitrogen and oxygen atoms in total. The molecule has 0 aliphatic rings. The maximum Gasteiger partial charge on any atom is 0.313 e. The van der Waals surface area contributed by atoms with Crippen LogP contribution in [-0.4, -0.2) is 31.6 Å². The first-order chi connectivity index (χ1) is 12.1. The minimum absolute atomic E-state index is 0.142. The molecule has 0 aliphatic carbocycles. The summed E-state index contributed by atoms with van der Waals surface area (Å²) in [6, 6.07) is 10.7. The third-order valence-corrected chi connectivity index (χ3v) is 3.46. The van der Waals surface area contributed by atoms with Crippen molar-refractivity contribution in [1.82, 2.24) is 25.1 Å². The molecule has 0 unspecified atom stereocenters. The lowest BCUT2D eigenvalue weighted by Gasteiger charge is -2.09. The van der Waals surface area contributed by atoms with Gasteiger partial charge < -0.3 is 10.6 Å². The smallest absolute Gasteiger partial charge is 0.313 e. The molecule has 2 N–H and O–H groups in total. The Bertz CT molecular complexity index is 874. The van der Waals surface area contributed by atoms with Crippen LogP contribution in [0.2, 0.25) is 0 Å². The van der Waals surface area contributed by atoms with E-state index in [9.17, 15) is 9.59 Å². The van der Waals surface area contributed by atoms with Gasteiger partial charge in [-0.15, -0.1) is 0 Å². The highest BCUT2D eigenvalue weighted by Crippen LogP contribution is 2.10. The Labute approximate surface area is 143 Å². The number of carbonyl (C=O) groups excluding carboxylic acids is 2. The van der Waals surface area contributed by atoms with Gasteiger partial charge in [0.1, 0.15) is 12.7 Å². The highest BCUT2D eigenvalue weighted by Gasteiger charge is 2.15. The van der Waals surface area contributed by atoms with E-state index >= 15 is 0 Å². The average molecular weight is 336 g/mol. The Morgan fingerprint density at radius 3 is 2.64 bits per heavy atom. The van der Waals surface area contributed by atoms with Crippen molar-refractivity contribution in [3.8, 4) is 5.82 Å². The number of amides is 2. The number of nitrogens with one attached hydrogen (secondary N) is 2. The number of anilines is 1. The van der Waals surface area contributed by atoms with E-state index in [1.165, 1.54) is 17.3 Å². The van der Waals surface area contributed by atoms with Gasteiger partial charge in [-0.2, -0.15) is 5.10 Å². The van der Waals surface area contributed by atoms with E-state index < -0.39 is 11.8 Å². The molecule has 1 aromatic carbocycles. The molecular weight excluding hydrogens is 320 g/mol. The number of pyridine rings is 1. The quantitative estimate of drug-likeness (QED) is 0.698. The first-order valence-electron chi connectivity index (χ1n) is 7.58. The average Bonchev–Trinajstić information content (AvgIpc) is 3.16.